The average Bonchev–Trinajstić information content (AvgIpc) is 3.33. The van der Waals surface area contributed by atoms with Crippen LogP contribution in [0.3, 0.4) is 0 Å². The molecule has 5 rings (SSSR count). The molecule has 8 heteroatoms. The Labute approximate surface area is 162 Å². The van der Waals surface area contributed by atoms with E-state index in [1.165, 1.54) is 10.2 Å². The molecule has 0 radical (unpaired) electrons. The molecule has 1 aliphatic rings. The Kier molecular flexibility index (Phi) is 3.99. The molecule has 1 fully saturated rings. The molecule has 0 saturated heterocycles. The Morgan fingerprint density at radius 2 is 1.82 bits per heavy atom. The summed E-state index contributed by atoms with van der Waals surface area (Å²) in [4.78, 5) is 12.7. The van der Waals surface area contributed by atoms with Gasteiger partial charge in [-0.15, -0.1) is 0 Å². The summed E-state index contributed by atoms with van der Waals surface area (Å²) in [6, 6.07) is 10.1. The molecule has 0 aliphatic heterocycles. The minimum atomic E-state index is -3.72. The summed E-state index contributed by atoms with van der Waals surface area (Å²) in [6.45, 7) is 0. The molecule has 3 heterocycles. The van der Waals surface area contributed by atoms with Crippen LogP contribution in [0, 0.1) is 0 Å². The summed E-state index contributed by atoms with van der Waals surface area (Å²) >= 11 is 0. The molecule has 0 unspecified atom stereocenters. The summed E-state index contributed by atoms with van der Waals surface area (Å²) in [7, 11) is -3.72. The first kappa shape index (κ1) is 17.4. The van der Waals surface area contributed by atoms with Crippen LogP contribution < -0.4 is 0 Å². The second-order valence-corrected chi connectivity index (χ2v) is 9.13. The molecule has 3 aromatic heterocycles. The van der Waals surface area contributed by atoms with Gasteiger partial charge in [-0.25, -0.2) is 22.4 Å². The van der Waals surface area contributed by atoms with Gasteiger partial charge in [-0.2, -0.15) is 0 Å². The topological polar surface area (TPSA) is 101 Å². The molecule has 1 saturated carbocycles. The third kappa shape index (κ3) is 2.71. The molecule has 28 heavy (non-hydrogen) atoms. The molecular formula is C20H20N4O3S. The van der Waals surface area contributed by atoms with Gasteiger partial charge in [-0.05, 0) is 43.9 Å². The number of nitrogens with zero attached hydrogens (tertiary/aromatic N) is 3. The molecule has 0 amide bonds. The van der Waals surface area contributed by atoms with Crippen LogP contribution >= 0.6 is 0 Å². The highest BCUT2D eigenvalue weighted by molar-refractivity contribution is 7.90. The maximum absolute atomic E-state index is 13.0. The van der Waals surface area contributed by atoms with Gasteiger partial charge in [0.2, 0.25) is 0 Å². The minimum absolute atomic E-state index is 0.216. The van der Waals surface area contributed by atoms with Crippen molar-refractivity contribution in [3.63, 3.8) is 0 Å². The highest BCUT2D eigenvalue weighted by Gasteiger charge is 2.25. The van der Waals surface area contributed by atoms with Crippen molar-refractivity contribution in [2.24, 2.45) is 0 Å². The van der Waals surface area contributed by atoms with Gasteiger partial charge >= 0.3 is 0 Å². The number of aliphatic hydroxyl groups excluding tert-OH is 1. The van der Waals surface area contributed by atoms with Crippen molar-refractivity contribution in [2.75, 3.05) is 0 Å². The second kappa shape index (κ2) is 6.42. The van der Waals surface area contributed by atoms with Gasteiger partial charge in [0.05, 0.1) is 22.7 Å². The van der Waals surface area contributed by atoms with Gasteiger partial charge in [0.15, 0.2) is 5.65 Å². The maximum Gasteiger partial charge on any atom is 0.269 e. The van der Waals surface area contributed by atoms with Gasteiger partial charge in [-0.3, -0.25) is 0 Å². The third-order valence-corrected chi connectivity index (χ3v) is 7.21. The van der Waals surface area contributed by atoms with E-state index < -0.39 is 10.0 Å². The fourth-order valence-electron chi connectivity index (χ4n) is 3.99. The predicted octanol–water partition coefficient (Wildman–Crippen LogP) is 3.17. The number of rotatable bonds is 3. The number of imidazole rings is 1. The van der Waals surface area contributed by atoms with E-state index in [1.807, 2.05) is 0 Å². The number of pyridine rings is 1. The first-order valence-electron chi connectivity index (χ1n) is 9.38. The molecule has 1 aliphatic carbocycles. The van der Waals surface area contributed by atoms with Crippen molar-refractivity contribution in [2.45, 2.75) is 42.6 Å². The van der Waals surface area contributed by atoms with E-state index in [9.17, 15) is 13.5 Å². The van der Waals surface area contributed by atoms with Gasteiger partial charge in [0.1, 0.15) is 11.3 Å². The van der Waals surface area contributed by atoms with Gasteiger partial charge in [0.25, 0.3) is 10.0 Å². The molecule has 0 bridgehead atoms. The second-order valence-electron chi connectivity index (χ2n) is 7.31. The Bertz CT molecular complexity index is 1250. The Morgan fingerprint density at radius 3 is 2.57 bits per heavy atom. The van der Waals surface area contributed by atoms with Crippen LogP contribution in [-0.4, -0.2) is 38.6 Å². The lowest BCUT2D eigenvalue weighted by Crippen LogP contribution is -2.17. The zero-order valence-corrected chi connectivity index (χ0v) is 15.9. The fraction of sp³-hybridized carbons (Fsp3) is 0.300. The summed E-state index contributed by atoms with van der Waals surface area (Å²) in [5.74, 6) is 1.16. The number of aromatic nitrogens is 4. The van der Waals surface area contributed by atoms with Crippen molar-refractivity contribution in [3.8, 4) is 0 Å². The normalized spacial score (nSPS) is 20.8. The molecule has 4 aromatic rings. The molecule has 7 nitrogen and oxygen atoms in total. The highest BCUT2D eigenvalue weighted by atomic mass is 32.2. The highest BCUT2D eigenvalue weighted by Crippen LogP contribution is 2.34. The Hall–Kier alpha value is -2.71. The lowest BCUT2D eigenvalue weighted by Gasteiger charge is -2.23. The number of hydrogen-bond acceptors (Lipinski definition) is 5. The number of nitrogens with one attached hydrogen (secondary N) is 1. The fourth-order valence-corrected chi connectivity index (χ4v) is 5.31. The van der Waals surface area contributed by atoms with Crippen LogP contribution in [0.1, 0.15) is 37.4 Å². The van der Waals surface area contributed by atoms with E-state index in [0.29, 0.717) is 11.0 Å². The summed E-state index contributed by atoms with van der Waals surface area (Å²) in [5.41, 5.74) is 1.89. The van der Waals surface area contributed by atoms with E-state index in [1.54, 1.807) is 42.6 Å². The Balaban J connectivity index is 1.61. The largest absolute Gasteiger partial charge is 0.393 e. The molecular weight excluding hydrogens is 376 g/mol. The monoisotopic (exact) mass is 396 g/mol. The van der Waals surface area contributed by atoms with Crippen molar-refractivity contribution in [1.82, 2.24) is 18.9 Å². The average molecular weight is 396 g/mol. The van der Waals surface area contributed by atoms with E-state index >= 15 is 0 Å². The van der Waals surface area contributed by atoms with Crippen molar-refractivity contribution in [3.05, 3.63) is 54.6 Å². The molecule has 2 N–H and O–H groups in total. The van der Waals surface area contributed by atoms with E-state index in [0.717, 1.165) is 42.5 Å². The first-order chi connectivity index (χ1) is 13.5. The number of hydrogen-bond donors (Lipinski definition) is 2. The lowest BCUT2D eigenvalue weighted by molar-refractivity contribution is 0.121. The van der Waals surface area contributed by atoms with Crippen molar-refractivity contribution in [1.29, 1.82) is 0 Å². The van der Waals surface area contributed by atoms with E-state index in [2.05, 4.69) is 9.97 Å². The first-order valence-corrected chi connectivity index (χ1v) is 10.8. The maximum atomic E-state index is 13.0. The van der Waals surface area contributed by atoms with Gasteiger partial charge in [0, 0.05) is 17.5 Å². The van der Waals surface area contributed by atoms with Gasteiger partial charge < -0.3 is 10.1 Å². The van der Waals surface area contributed by atoms with Crippen LogP contribution in [0.5, 0.6) is 0 Å². The number of aliphatic hydroxyl groups is 1. The lowest BCUT2D eigenvalue weighted by atomic mass is 9.87. The van der Waals surface area contributed by atoms with Crippen LogP contribution in [0.25, 0.3) is 22.1 Å². The molecule has 0 atom stereocenters. The van der Waals surface area contributed by atoms with Crippen LogP contribution in [-0.2, 0) is 10.0 Å². The summed E-state index contributed by atoms with van der Waals surface area (Å²) in [6.07, 6.45) is 6.30. The molecule has 144 valence electrons. The number of H-pyrrole nitrogens is 1. The van der Waals surface area contributed by atoms with Crippen molar-refractivity contribution >= 4 is 32.1 Å². The van der Waals surface area contributed by atoms with E-state index in [4.69, 9.17) is 4.98 Å². The quantitative estimate of drug-likeness (QED) is 0.554. The number of aromatic amines is 1. The number of fused-ring (bicyclic) bond motifs is 3. The summed E-state index contributed by atoms with van der Waals surface area (Å²) < 4.78 is 27.2. The Morgan fingerprint density at radius 1 is 1.07 bits per heavy atom. The van der Waals surface area contributed by atoms with Crippen LogP contribution in [0.15, 0.2) is 53.7 Å². The van der Waals surface area contributed by atoms with Crippen LogP contribution in [0.4, 0.5) is 0 Å². The van der Waals surface area contributed by atoms with Crippen molar-refractivity contribution < 1.29 is 13.5 Å². The molecule has 1 aromatic carbocycles. The number of benzene rings is 1. The van der Waals surface area contributed by atoms with Gasteiger partial charge in [-0.1, -0.05) is 18.2 Å². The zero-order chi connectivity index (χ0) is 19.3. The van der Waals surface area contributed by atoms with Crippen LogP contribution in [0.2, 0.25) is 0 Å². The minimum Gasteiger partial charge on any atom is -0.393 e. The predicted molar refractivity (Wildman–Crippen MR) is 106 cm³/mol. The summed E-state index contributed by atoms with van der Waals surface area (Å²) in [5, 5.41) is 10.4. The zero-order valence-electron chi connectivity index (χ0n) is 15.1. The molecule has 0 spiro atoms. The smallest absolute Gasteiger partial charge is 0.269 e. The SMILES string of the molecule is O=S(=O)(c1ccccc1)n1ccc2c3nc(C4CCC(O)CC4)[nH]c3cnc21. The standard InChI is InChI=1S/C20H20N4O3S/c25-14-8-6-13(7-9-14)19-22-17-12-21-20-16(18(17)23-19)10-11-24(20)28(26,27)15-4-2-1-3-5-15/h1-5,10-14,25H,6-9H2,(H,22,23). The van der Waals surface area contributed by atoms with E-state index in [-0.39, 0.29) is 16.9 Å². The third-order valence-electron chi connectivity index (χ3n) is 5.53.